The van der Waals surface area contributed by atoms with Crippen molar-refractivity contribution in [3.05, 3.63) is 34.1 Å². The number of carboxylic acids is 1. The first kappa shape index (κ1) is 13.6. The average Bonchev–Trinajstić information content (AvgIpc) is 2.47. The first-order valence-corrected chi connectivity index (χ1v) is 6.68. The number of fused-ring (bicyclic) bond motifs is 1. The number of rotatable bonds is 2. The van der Waals surface area contributed by atoms with E-state index in [1.54, 1.807) is 6.07 Å². The number of H-pyrrole nitrogens is 1. The largest absolute Gasteiger partial charge is 0.478 e. The smallest absolute Gasteiger partial charge is 0.335 e. The first-order chi connectivity index (χ1) is 10.1. The molecule has 2 heterocycles. The fourth-order valence-corrected chi connectivity index (χ4v) is 2.44. The van der Waals surface area contributed by atoms with E-state index in [-0.39, 0.29) is 17.2 Å². The molecule has 0 spiro atoms. The number of morpholine rings is 1. The molecule has 0 bridgehead atoms. The molecular formula is C14H15N3O4. The fraction of sp³-hybridized carbons (Fsp3) is 0.357. The number of anilines is 1. The Morgan fingerprint density at radius 2 is 2.33 bits per heavy atom. The first-order valence-electron chi connectivity index (χ1n) is 6.68. The number of ether oxygens (including phenoxy) is 1. The molecule has 1 aromatic heterocycles. The zero-order valence-electron chi connectivity index (χ0n) is 11.5. The summed E-state index contributed by atoms with van der Waals surface area (Å²) >= 11 is 0. The maximum atomic E-state index is 12.2. The maximum Gasteiger partial charge on any atom is 0.335 e. The molecule has 0 amide bonds. The second-order valence-electron chi connectivity index (χ2n) is 5.04. The standard InChI is InChI=1S/C14H15N3O4/c1-8-7-21-5-4-17(8)12-13(18)16-10-3-2-9(14(19)20)6-11(10)15-12/h2-3,6,8H,4-5,7H2,1H3,(H,16,18)(H,19,20). The van der Waals surface area contributed by atoms with Gasteiger partial charge in [0.25, 0.3) is 5.56 Å². The Morgan fingerprint density at radius 1 is 1.52 bits per heavy atom. The second kappa shape index (κ2) is 5.17. The summed E-state index contributed by atoms with van der Waals surface area (Å²) in [5.41, 5.74) is 0.847. The average molecular weight is 289 g/mol. The molecule has 0 saturated carbocycles. The molecule has 7 nitrogen and oxygen atoms in total. The Morgan fingerprint density at radius 3 is 3.05 bits per heavy atom. The van der Waals surface area contributed by atoms with Crippen LogP contribution in [0.3, 0.4) is 0 Å². The van der Waals surface area contributed by atoms with E-state index in [1.165, 1.54) is 12.1 Å². The molecule has 3 rings (SSSR count). The lowest BCUT2D eigenvalue weighted by Gasteiger charge is -2.33. The van der Waals surface area contributed by atoms with Crippen LogP contribution in [0.15, 0.2) is 23.0 Å². The van der Waals surface area contributed by atoms with Crippen molar-refractivity contribution >= 4 is 22.8 Å². The third kappa shape index (κ3) is 2.47. The molecular weight excluding hydrogens is 274 g/mol. The number of aromatic amines is 1. The third-order valence-electron chi connectivity index (χ3n) is 3.56. The van der Waals surface area contributed by atoms with E-state index in [1.807, 2.05) is 11.8 Å². The minimum Gasteiger partial charge on any atom is -0.478 e. The number of aromatic carboxylic acids is 1. The minimum absolute atomic E-state index is 0.0486. The van der Waals surface area contributed by atoms with Gasteiger partial charge in [-0.25, -0.2) is 9.78 Å². The van der Waals surface area contributed by atoms with Gasteiger partial charge in [0.05, 0.1) is 35.9 Å². The lowest BCUT2D eigenvalue weighted by Crippen LogP contribution is -2.46. The van der Waals surface area contributed by atoms with Crippen LogP contribution in [0.1, 0.15) is 17.3 Å². The van der Waals surface area contributed by atoms with Crippen molar-refractivity contribution in [3.63, 3.8) is 0 Å². The number of benzene rings is 1. The van der Waals surface area contributed by atoms with Gasteiger partial charge in [0.1, 0.15) is 0 Å². The van der Waals surface area contributed by atoms with Gasteiger partial charge in [-0.2, -0.15) is 0 Å². The van der Waals surface area contributed by atoms with Gasteiger partial charge >= 0.3 is 5.97 Å². The van der Waals surface area contributed by atoms with Gasteiger partial charge in [-0.05, 0) is 25.1 Å². The van der Waals surface area contributed by atoms with E-state index in [2.05, 4.69) is 9.97 Å². The molecule has 1 atom stereocenters. The van der Waals surface area contributed by atoms with Crippen molar-refractivity contribution in [1.82, 2.24) is 9.97 Å². The minimum atomic E-state index is -1.02. The molecule has 1 saturated heterocycles. The highest BCUT2D eigenvalue weighted by Crippen LogP contribution is 2.17. The Bertz CT molecular complexity index is 755. The Kier molecular flexibility index (Phi) is 3.34. The predicted molar refractivity (Wildman–Crippen MR) is 77.0 cm³/mol. The van der Waals surface area contributed by atoms with E-state index in [0.717, 1.165) is 0 Å². The summed E-state index contributed by atoms with van der Waals surface area (Å²) in [7, 11) is 0. The lowest BCUT2D eigenvalue weighted by atomic mass is 10.2. The van der Waals surface area contributed by atoms with Gasteiger partial charge in [0, 0.05) is 6.54 Å². The van der Waals surface area contributed by atoms with Crippen molar-refractivity contribution < 1.29 is 14.6 Å². The molecule has 1 aliphatic rings. The molecule has 7 heteroatoms. The molecule has 0 aliphatic carbocycles. The van der Waals surface area contributed by atoms with Crippen LogP contribution in [-0.2, 0) is 4.74 Å². The molecule has 1 aromatic carbocycles. The molecule has 1 unspecified atom stereocenters. The molecule has 2 aromatic rings. The number of carbonyl (C=O) groups is 1. The molecule has 2 N–H and O–H groups in total. The molecule has 1 aliphatic heterocycles. The van der Waals surface area contributed by atoms with Gasteiger partial charge in [-0.3, -0.25) is 4.79 Å². The highest BCUT2D eigenvalue weighted by Gasteiger charge is 2.23. The van der Waals surface area contributed by atoms with Crippen LogP contribution in [0.25, 0.3) is 11.0 Å². The monoisotopic (exact) mass is 289 g/mol. The van der Waals surface area contributed by atoms with Gasteiger partial charge in [0.15, 0.2) is 5.82 Å². The van der Waals surface area contributed by atoms with Crippen LogP contribution in [0.4, 0.5) is 5.82 Å². The number of carboxylic acid groups (broad SMARTS) is 1. The van der Waals surface area contributed by atoms with Crippen LogP contribution in [0.5, 0.6) is 0 Å². The van der Waals surface area contributed by atoms with Crippen LogP contribution < -0.4 is 10.5 Å². The van der Waals surface area contributed by atoms with Gasteiger partial charge < -0.3 is 19.7 Å². The third-order valence-corrected chi connectivity index (χ3v) is 3.56. The zero-order valence-corrected chi connectivity index (χ0v) is 11.5. The highest BCUT2D eigenvalue weighted by atomic mass is 16.5. The fourth-order valence-electron chi connectivity index (χ4n) is 2.44. The van der Waals surface area contributed by atoms with E-state index in [4.69, 9.17) is 9.84 Å². The van der Waals surface area contributed by atoms with Crippen molar-refractivity contribution in [2.45, 2.75) is 13.0 Å². The summed E-state index contributed by atoms with van der Waals surface area (Å²) in [6, 6.07) is 4.51. The normalized spacial score (nSPS) is 18.9. The predicted octanol–water partition coefficient (Wildman–Crippen LogP) is 0.846. The van der Waals surface area contributed by atoms with Crippen molar-refractivity contribution in [2.75, 3.05) is 24.7 Å². The van der Waals surface area contributed by atoms with Gasteiger partial charge in [-0.1, -0.05) is 0 Å². The SMILES string of the molecule is CC1COCCN1c1nc2cc(C(=O)O)ccc2[nH]c1=O. The lowest BCUT2D eigenvalue weighted by molar-refractivity contribution is 0.0697. The number of nitrogens with one attached hydrogen (secondary N) is 1. The molecule has 1 fully saturated rings. The summed E-state index contributed by atoms with van der Waals surface area (Å²) in [6.07, 6.45) is 0. The molecule has 0 radical (unpaired) electrons. The van der Waals surface area contributed by atoms with Gasteiger partial charge in [0.2, 0.25) is 0 Å². The molecule has 110 valence electrons. The van der Waals surface area contributed by atoms with Gasteiger partial charge in [-0.15, -0.1) is 0 Å². The van der Waals surface area contributed by atoms with E-state index in [0.29, 0.717) is 36.6 Å². The summed E-state index contributed by atoms with van der Waals surface area (Å²) in [4.78, 5) is 32.2. The van der Waals surface area contributed by atoms with Crippen LogP contribution >= 0.6 is 0 Å². The topological polar surface area (TPSA) is 95.5 Å². The van der Waals surface area contributed by atoms with E-state index < -0.39 is 5.97 Å². The Balaban J connectivity index is 2.12. The second-order valence-corrected chi connectivity index (χ2v) is 5.04. The summed E-state index contributed by atoms with van der Waals surface area (Å²) in [5.74, 6) is -0.716. The van der Waals surface area contributed by atoms with Crippen molar-refractivity contribution in [1.29, 1.82) is 0 Å². The highest BCUT2D eigenvalue weighted by molar-refractivity contribution is 5.92. The zero-order chi connectivity index (χ0) is 15.0. The maximum absolute atomic E-state index is 12.2. The van der Waals surface area contributed by atoms with Crippen LogP contribution in [-0.4, -0.2) is 46.8 Å². The van der Waals surface area contributed by atoms with Crippen LogP contribution in [0, 0.1) is 0 Å². The van der Waals surface area contributed by atoms with Crippen molar-refractivity contribution in [2.24, 2.45) is 0 Å². The Labute approximate surface area is 120 Å². The summed E-state index contributed by atoms with van der Waals surface area (Å²) in [5, 5.41) is 9.03. The number of hydrogen-bond donors (Lipinski definition) is 2. The van der Waals surface area contributed by atoms with Crippen LogP contribution in [0.2, 0.25) is 0 Å². The molecule has 21 heavy (non-hydrogen) atoms. The summed E-state index contributed by atoms with van der Waals surface area (Å²) in [6.45, 7) is 3.62. The quantitative estimate of drug-likeness (QED) is 0.851. The Hall–Kier alpha value is -2.41. The number of nitrogens with zero attached hydrogens (tertiary/aromatic N) is 2. The summed E-state index contributed by atoms with van der Waals surface area (Å²) < 4.78 is 5.35. The van der Waals surface area contributed by atoms with E-state index in [9.17, 15) is 9.59 Å². The number of aromatic nitrogens is 2. The number of hydrogen-bond acceptors (Lipinski definition) is 5. The van der Waals surface area contributed by atoms with Crippen molar-refractivity contribution in [3.8, 4) is 0 Å². The van der Waals surface area contributed by atoms with E-state index >= 15 is 0 Å².